The van der Waals surface area contributed by atoms with Crippen LogP contribution in [0.4, 0.5) is 0 Å². The van der Waals surface area contributed by atoms with Crippen LogP contribution in [0.1, 0.15) is 27.7 Å². The second-order valence-corrected chi connectivity index (χ2v) is 8.96. The summed E-state index contributed by atoms with van der Waals surface area (Å²) in [6, 6.07) is 7.95. The minimum absolute atomic E-state index is 0.264. The van der Waals surface area contributed by atoms with Crippen LogP contribution in [0.15, 0.2) is 24.3 Å². The van der Waals surface area contributed by atoms with E-state index >= 15 is 0 Å². The SMILES string of the molecule is CC1(C)O[C@H]2O[C@H]([C@H]3COC(C)(C)O3)[C@H](Oc3nc4ccccc4s3)[C@H]2O1. The van der Waals surface area contributed by atoms with E-state index in [-0.39, 0.29) is 18.3 Å². The highest BCUT2D eigenvalue weighted by molar-refractivity contribution is 7.20. The van der Waals surface area contributed by atoms with Crippen LogP contribution in [0.3, 0.4) is 0 Å². The first-order chi connectivity index (χ1) is 12.8. The molecule has 3 fully saturated rings. The van der Waals surface area contributed by atoms with E-state index in [2.05, 4.69) is 4.98 Å². The van der Waals surface area contributed by atoms with Crippen LogP contribution in [0, 0.1) is 0 Å². The van der Waals surface area contributed by atoms with Crippen LogP contribution in [0.2, 0.25) is 0 Å². The third kappa shape index (κ3) is 3.24. The molecule has 146 valence electrons. The molecule has 0 bridgehead atoms. The molecule has 1 aromatic heterocycles. The Kier molecular flexibility index (Phi) is 4.02. The summed E-state index contributed by atoms with van der Waals surface area (Å²) in [5, 5.41) is 0.585. The van der Waals surface area contributed by atoms with Crippen molar-refractivity contribution in [3.63, 3.8) is 0 Å². The number of nitrogens with zero attached hydrogens (tertiary/aromatic N) is 1. The lowest BCUT2D eigenvalue weighted by molar-refractivity contribution is -0.230. The summed E-state index contributed by atoms with van der Waals surface area (Å²) in [6.07, 6.45) is -1.90. The minimum atomic E-state index is -0.720. The predicted octanol–water partition coefficient (Wildman–Crippen LogP) is 3.07. The molecule has 8 heteroatoms. The van der Waals surface area contributed by atoms with Gasteiger partial charge in [-0.2, -0.15) is 0 Å². The van der Waals surface area contributed by atoms with Gasteiger partial charge in [0.05, 0.1) is 16.8 Å². The summed E-state index contributed by atoms with van der Waals surface area (Å²) in [4.78, 5) is 4.59. The molecular formula is C19H23NO6S. The van der Waals surface area contributed by atoms with Crippen molar-refractivity contribution in [2.75, 3.05) is 6.61 Å². The zero-order valence-electron chi connectivity index (χ0n) is 15.7. The molecule has 5 atom stereocenters. The molecule has 1 aromatic carbocycles. The van der Waals surface area contributed by atoms with E-state index in [0.717, 1.165) is 10.2 Å². The Bertz CT molecular complexity index is 819. The molecule has 0 N–H and O–H groups in total. The summed E-state index contributed by atoms with van der Waals surface area (Å²) in [5.74, 6) is -1.37. The highest BCUT2D eigenvalue weighted by Crippen LogP contribution is 2.43. The summed E-state index contributed by atoms with van der Waals surface area (Å²) < 4.78 is 37.3. The second kappa shape index (κ2) is 6.10. The van der Waals surface area contributed by atoms with Crippen LogP contribution >= 0.6 is 11.3 Å². The summed E-state index contributed by atoms with van der Waals surface area (Å²) in [5.41, 5.74) is 0.912. The largest absolute Gasteiger partial charge is 0.461 e. The number of benzene rings is 1. The molecule has 3 aliphatic heterocycles. The van der Waals surface area contributed by atoms with Crippen molar-refractivity contribution in [3.05, 3.63) is 24.3 Å². The molecule has 3 aliphatic rings. The van der Waals surface area contributed by atoms with Crippen LogP contribution in [-0.2, 0) is 23.7 Å². The quantitative estimate of drug-likeness (QED) is 0.794. The standard InChI is InChI=1S/C19H23NO6S/c1-18(2)21-9-11(24-18)13-14(15-16(22-13)26-19(3,4)25-15)23-17-20-10-7-5-6-8-12(10)27-17/h5-8,11,13-16H,9H2,1-4H3/t11-,13-,14+,15-,16-/m1/s1. The van der Waals surface area contributed by atoms with Gasteiger partial charge in [-0.15, -0.1) is 0 Å². The highest BCUT2D eigenvalue weighted by atomic mass is 32.1. The molecule has 4 heterocycles. The fourth-order valence-electron chi connectivity index (χ4n) is 3.83. The van der Waals surface area contributed by atoms with Gasteiger partial charge in [-0.1, -0.05) is 23.5 Å². The summed E-state index contributed by atoms with van der Waals surface area (Å²) >= 11 is 1.51. The Morgan fingerprint density at radius 3 is 2.59 bits per heavy atom. The second-order valence-electron chi connectivity index (χ2n) is 7.97. The monoisotopic (exact) mass is 393 g/mol. The Labute approximate surface area is 161 Å². The van der Waals surface area contributed by atoms with Crippen LogP contribution < -0.4 is 4.74 Å². The molecule has 0 saturated carbocycles. The number of thiazole rings is 1. The highest BCUT2D eigenvalue weighted by Gasteiger charge is 2.59. The Morgan fingerprint density at radius 1 is 1.04 bits per heavy atom. The first-order valence-corrected chi connectivity index (χ1v) is 9.96. The lowest BCUT2D eigenvalue weighted by atomic mass is 10.1. The van der Waals surface area contributed by atoms with Gasteiger partial charge < -0.3 is 28.4 Å². The maximum Gasteiger partial charge on any atom is 0.274 e. The van der Waals surface area contributed by atoms with E-state index in [0.29, 0.717) is 11.8 Å². The van der Waals surface area contributed by atoms with Gasteiger partial charge in [-0.05, 0) is 39.8 Å². The number of hydrogen-bond donors (Lipinski definition) is 0. The predicted molar refractivity (Wildman–Crippen MR) is 97.6 cm³/mol. The summed E-state index contributed by atoms with van der Waals surface area (Å²) in [6.45, 7) is 7.96. The molecule has 0 spiro atoms. The first-order valence-electron chi connectivity index (χ1n) is 9.15. The maximum absolute atomic E-state index is 6.30. The van der Waals surface area contributed by atoms with E-state index < -0.39 is 24.0 Å². The average molecular weight is 393 g/mol. The van der Waals surface area contributed by atoms with Crippen molar-refractivity contribution in [3.8, 4) is 5.19 Å². The van der Waals surface area contributed by atoms with Crippen molar-refractivity contribution >= 4 is 21.6 Å². The van der Waals surface area contributed by atoms with Crippen molar-refractivity contribution in [1.82, 2.24) is 4.98 Å². The molecule has 27 heavy (non-hydrogen) atoms. The fourth-order valence-corrected chi connectivity index (χ4v) is 4.69. The van der Waals surface area contributed by atoms with Gasteiger partial charge in [-0.3, -0.25) is 0 Å². The van der Waals surface area contributed by atoms with E-state index in [4.69, 9.17) is 28.4 Å². The molecule has 0 radical (unpaired) electrons. The van der Waals surface area contributed by atoms with E-state index in [1.165, 1.54) is 11.3 Å². The van der Waals surface area contributed by atoms with Gasteiger partial charge in [0.15, 0.2) is 30.1 Å². The molecule has 5 rings (SSSR count). The third-order valence-corrected chi connectivity index (χ3v) is 5.86. The molecule has 3 saturated heterocycles. The molecule has 7 nitrogen and oxygen atoms in total. The van der Waals surface area contributed by atoms with Crippen molar-refractivity contribution < 1.29 is 28.4 Å². The first kappa shape index (κ1) is 17.8. The topological polar surface area (TPSA) is 68.3 Å². The zero-order valence-corrected chi connectivity index (χ0v) is 16.5. The fraction of sp³-hybridized carbons (Fsp3) is 0.632. The van der Waals surface area contributed by atoms with Gasteiger partial charge in [0.25, 0.3) is 5.19 Å². The maximum atomic E-state index is 6.30. The lowest BCUT2D eigenvalue weighted by Crippen LogP contribution is -2.45. The lowest BCUT2D eigenvalue weighted by Gasteiger charge is -2.28. The Morgan fingerprint density at radius 2 is 1.85 bits per heavy atom. The number of aromatic nitrogens is 1. The van der Waals surface area contributed by atoms with Gasteiger partial charge in [0.2, 0.25) is 0 Å². The molecule has 2 aromatic rings. The van der Waals surface area contributed by atoms with Gasteiger partial charge >= 0.3 is 0 Å². The van der Waals surface area contributed by atoms with Crippen molar-refractivity contribution in [2.45, 2.75) is 70.0 Å². The Hall–Kier alpha value is -1.29. The van der Waals surface area contributed by atoms with Gasteiger partial charge in [0, 0.05) is 0 Å². The minimum Gasteiger partial charge on any atom is -0.461 e. The van der Waals surface area contributed by atoms with Crippen molar-refractivity contribution in [2.24, 2.45) is 0 Å². The van der Waals surface area contributed by atoms with Crippen molar-refractivity contribution in [1.29, 1.82) is 0 Å². The van der Waals surface area contributed by atoms with Crippen LogP contribution in [0.25, 0.3) is 10.2 Å². The van der Waals surface area contributed by atoms with Gasteiger partial charge in [0.1, 0.15) is 12.2 Å². The van der Waals surface area contributed by atoms with E-state index in [1.54, 1.807) is 0 Å². The molecule has 0 amide bonds. The van der Waals surface area contributed by atoms with E-state index in [1.807, 2.05) is 52.0 Å². The average Bonchev–Trinajstić information content (AvgIpc) is 3.30. The number of para-hydroxylation sites is 1. The zero-order chi connectivity index (χ0) is 18.8. The number of rotatable bonds is 3. The third-order valence-electron chi connectivity index (χ3n) is 4.93. The van der Waals surface area contributed by atoms with E-state index in [9.17, 15) is 0 Å². The Balaban J connectivity index is 1.43. The van der Waals surface area contributed by atoms with Crippen LogP contribution in [0.5, 0.6) is 5.19 Å². The number of hydrogen-bond acceptors (Lipinski definition) is 8. The van der Waals surface area contributed by atoms with Gasteiger partial charge in [-0.25, -0.2) is 4.98 Å². The summed E-state index contributed by atoms with van der Waals surface area (Å²) in [7, 11) is 0. The normalized spacial score (nSPS) is 37.0. The number of ether oxygens (including phenoxy) is 6. The molecular weight excluding hydrogens is 370 g/mol. The van der Waals surface area contributed by atoms with Crippen LogP contribution in [-0.4, -0.2) is 53.9 Å². The smallest absolute Gasteiger partial charge is 0.274 e. The molecule has 0 aliphatic carbocycles. The number of fused-ring (bicyclic) bond motifs is 2. The molecule has 0 unspecified atom stereocenters.